The third-order valence-corrected chi connectivity index (χ3v) is 2.40. The largest absolute Gasteiger partial charge is 0.482 e. The van der Waals surface area contributed by atoms with Gasteiger partial charge in [0.25, 0.3) is 5.91 Å². The topological polar surface area (TPSA) is 67.4 Å². The first kappa shape index (κ1) is 11.4. The summed E-state index contributed by atoms with van der Waals surface area (Å²) in [5.41, 5.74) is 1.23. The Labute approximate surface area is 99.2 Å². The van der Waals surface area contributed by atoms with Crippen LogP contribution in [0.2, 0.25) is 0 Å². The molecule has 0 spiro atoms. The molecule has 0 unspecified atom stereocenters. The Morgan fingerprint density at radius 3 is 2.94 bits per heavy atom. The van der Waals surface area contributed by atoms with Crippen molar-refractivity contribution in [1.29, 1.82) is 0 Å². The maximum Gasteiger partial charge on any atom is 0.262 e. The van der Waals surface area contributed by atoms with Crippen LogP contribution in [0, 0.1) is 5.92 Å². The summed E-state index contributed by atoms with van der Waals surface area (Å²) in [7, 11) is 0. The van der Waals surface area contributed by atoms with Crippen molar-refractivity contribution in [2.24, 2.45) is 5.92 Å². The second-order valence-electron chi connectivity index (χ2n) is 4.19. The summed E-state index contributed by atoms with van der Waals surface area (Å²) >= 11 is 0. The van der Waals surface area contributed by atoms with Gasteiger partial charge in [-0.3, -0.25) is 9.59 Å². The van der Waals surface area contributed by atoms with Crippen molar-refractivity contribution < 1.29 is 14.3 Å². The van der Waals surface area contributed by atoms with E-state index in [9.17, 15) is 9.59 Å². The van der Waals surface area contributed by atoms with Crippen molar-refractivity contribution >= 4 is 23.2 Å². The lowest BCUT2D eigenvalue weighted by atomic mass is 10.2. The smallest absolute Gasteiger partial charge is 0.262 e. The van der Waals surface area contributed by atoms with E-state index in [-0.39, 0.29) is 24.3 Å². The van der Waals surface area contributed by atoms with Gasteiger partial charge in [0.05, 0.1) is 5.69 Å². The monoisotopic (exact) mass is 234 g/mol. The molecule has 0 aromatic heterocycles. The Hall–Kier alpha value is -2.04. The van der Waals surface area contributed by atoms with E-state index in [1.54, 1.807) is 18.2 Å². The van der Waals surface area contributed by atoms with Crippen molar-refractivity contribution in [1.82, 2.24) is 0 Å². The molecule has 0 radical (unpaired) electrons. The van der Waals surface area contributed by atoms with Crippen molar-refractivity contribution in [3.05, 3.63) is 18.2 Å². The standard InChI is InChI=1S/C12H14N2O3/c1-7(2)12(16)13-8-3-4-10-9(5-8)14-11(15)6-17-10/h3-5,7H,6H2,1-2H3,(H,13,16)(H,14,15). The average Bonchev–Trinajstić information content (AvgIpc) is 2.28. The van der Waals surface area contributed by atoms with E-state index < -0.39 is 0 Å². The number of rotatable bonds is 2. The third kappa shape index (κ3) is 2.55. The number of anilines is 2. The zero-order valence-electron chi connectivity index (χ0n) is 9.74. The quantitative estimate of drug-likeness (QED) is 0.817. The van der Waals surface area contributed by atoms with E-state index in [0.29, 0.717) is 17.1 Å². The van der Waals surface area contributed by atoms with Gasteiger partial charge in [-0.1, -0.05) is 13.8 Å². The van der Waals surface area contributed by atoms with Crippen LogP contribution in [0.3, 0.4) is 0 Å². The number of nitrogens with one attached hydrogen (secondary N) is 2. The summed E-state index contributed by atoms with van der Waals surface area (Å²) in [6.45, 7) is 3.67. The third-order valence-electron chi connectivity index (χ3n) is 2.40. The molecule has 1 aromatic carbocycles. The van der Waals surface area contributed by atoms with Crippen LogP contribution < -0.4 is 15.4 Å². The van der Waals surface area contributed by atoms with Gasteiger partial charge in [0, 0.05) is 11.6 Å². The molecule has 1 aliphatic heterocycles. The van der Waals surface area contributed by atoms with E-state index in [0.717, 1.165) is 0 Å². The molecule has 2 amide bonds. The molecule has 1 aromatic rings. The number of hydrogen-bond acceptors (Lipinski definition) is 3. The number of ether oxygens (including phenoxy) is 1. The molecule has 5 heteroatoms. The normalized spacial score (nSPS) is 13.7. The molecule has 2 rings (SSSR count). The molecule has 2 N–H and O–H groups in total. The predicted octanol–water partition coefficient (Wildman–Crippen LogP) is 1.61. The SMILES string of the molecule is CC(C)C(=O)Nc1ccc2c(c1)NC(=O)CO2. The Bertz CT molecular complexity index is 469. The second kappa shape index (κ2) is 4.45. The first-order chi connectivity index (χ1) is 8.06. The highest BCUT2D eigenvalue weighted by Crippen LogP contribution is 2.30. The first-order valence-electron chi connectivity index (χ1n) is 5.44. The van der Waals surface area contributed by atoms with Gasteiger partial charge >= 0.3 is 0 Å². The average molecular weight is 234 g/mol. The van der Waals surface area contributed by atoms with E-state index in [4.69, 9.17) is 4.74 Å². The van der Waals surface area contributed by atoms with E-state index in [2.05, 4.69) is 10.6 Å². The molecule has 0 saturated carbocycles. The van der Waals surface area contributed by atoms with Crippen LogP contribution in [0.5, 0.6) is 5.75 Å². The predicted molar refractivity (Wildman–Crippen MR) is 64.0 cm³/mol. The molecule has 0 atom stereocenters. The van der Waals surface area contributed by atoms with Gasteiger partial charge in [-0.25, -0.2) is 0 Å². The summed E-state index contributed by atoms with van der Waals surface area (Å²) in [5, 5.41) is 5.45. The molecule has 90 valence electrons. The maximum absolute atomic E-state index is 11.5. The second-order valence-corrected chi connectivity index (χ2v) is 4.19. The zero-order chi connectivity index (χ0) is 12.4. The molecule has 0 bridgehead atoms. The number of amides is 2. The fourth-order valence-electron chi connectivity index (χ4n) is 1.45. The minimum atomic E-state index is -0.190. The van der Waals surface area contributed by atoms with Gasteiger partial charge in [-0.2, -0.15) is 0 Å². The van der Waals surface area contributed by atoms with Crippen LogP contribution in [-0.4, -0.2) is 18.4 Å². The lowest BCUT2D eigenvalue weighted by molar-refractivity contribution is -0.119. The fraction of sp³-hybridized carbons (Fsp3) is 0.333. The maximum atomic E-state index is 11.5. The molecule has 0 fully saturated rings. The Balaban J connectivity index is 2.18. The van der Waals surface area contributed by atoms with Crippen LogP contribution in [-0.2, 0) is 9.59 Å². The molecule has 5 nitrogen and oxygen atoms in total. The van der Waals surface area contributed by atoms with Crippen molar-refractivity contribution in [3.63, 3.8) is 0 Å². The van der Waals surface area contributed by atoms with E-state index >= 15 is 0 Å². The summed E-state index contributed by atoms with van der Waals surface area (Å²) in [4.78, 5) is 22.7. The van der Waals surface area contributed by atoms with Gasteiger partial charge in [0.2, 0.25) is 5.91 Å². The summed E-state index contributed by atoms with van der Waals surface area (Å²) in [5.74, 6) is 0.279. The van der Waals surface area contributed by atoms with Crippen molar-refractivity contribution in [2.75, 3.05) is 17.2 Å². The van der Waals surface area contributed by atoms with Gasteiger partial charge in [-0.05, 0) is 18.2 Å². The number of carbonyl (C=O) groups excluding carboxylic acids is 2. The van der Waals surface area contributed by atoms with Gasteiger partial charge in [0.15, 0.2) is 6.61 Å². The lowest BCUT2D eigenvalue weighted by Gasteiger charge is -2.18. The Kier molecular flexibility index (Phi) is 2.99. The van der Waals surface area contributed by atoms with Crippen LogP contribution in [0.1, 0.15) is 13.8 Å². The van der Waals surface area contributed by atoms with Gasteiger partial charge in [-0.15, -0.1) is 0 Å². The highest BCUT2D eigenvalue weighted by atomic mass is 16.5. The molecule has 1 aliphatic rings. The van der Waals surface area contributed by atoms with Crippen LogP contribution in [0.15, 0.2) is 18.2 Å². The summed E-state index contributed by atoms with van der Waals surface area (Å²) in [6, 6.07) is 5.16. The van der Waals surface area contributed by atoms with Crippen molar-refractivity contribution in [2.45, 2.75) is 13.8 Å². The van der Waals surface area contributed by atoms with Crippen LogP contribution >= 0.6 is 0 Å². The number of carbonyl (C=O) groups is 2. The minimum Gasteiger partial charge on any atom is -0.482 e. The summed E-state index contributed by atoms with van der Waals surface area (Å²) < 4.78 is 5.22. The molecule has 0 aliphatic carbocycles. The van der Waals surface area contributed by atoms with Gasteiger partial charge < -0.3 is 15.4 Å². The van der Waals surface area contributed by atoms with E-state index in [1.165, 1.54) is 0 Å². The minimum absolute atomic E-state index is 0.0324. The summed E-state index contributed by atoms with van der Waals surface area (Å²) in [6.07, 6.45) is 0. The van der Waals surface area contributed by atoms with Crippen molar-refractivity contribution in [3.8, 4) is 5.75 Å². The Morgan fingerprint density at radius 2 is 2.24 bits per heavy atom. The highest BCUT2D eigenvalue weighted by molar-refractivity contribution is 5.97. The number of benzene rings is 1. The van der Waals surface area contributed by atoms with E-state index in [1.807, 2.05) is 13.8 Å². The molecular formula is C12H14N2O3. The van der Waals surface area contributed by atoms with Crippen LogP contribution in [0.25, 0.3) is 0 Å². The molecular weight excluding hydrogens is 220 g/mol. The molecule has 0 saturated heterocycles. The lowest BCUT2D eigenvalue weighted by Crippen LogP contribution is -2.25. The molecule has 1 heterocycles. The number of hydrogen-bond donors (Lipinski definition) is 2. The first-order valence-corrected chi connectivity index (χ1v) is 5.44. The fourth-order valence-corrected chi connectivity index (χ4v) is 1.45. The molecule has 17 heavy (non-hydrogen) atoms. The Morgan fingerprint density at radius 1 is 1.47 bits per heavy atom. The van der Waals surface area contributed by atoms with Gasteiger partial charge in [0.1, 0.15) is 5.75 Å². The number of fused-ring (bicyclic) bond motifs is 1. The zero-order valence-corrected chi connectivity index (χ0v) is 9.74. The highest BCUT2D eigenvalue weighted by Gasteiger charge is 2.16. The van der Waals surface area contributed by atoms with Crippen LogP contribution in [0.4, 0.5) is 11.4 Å².